The lowest BCUT2D eigenvalue weighted by Crippen LogP contribution is -1.91. The lowest BCUT2D eigenvalue weighted by molar-refractivity contribution is 1.52. The molecule has 0 fully saturated rings. The van der Waals surface area contributed by atoms with Crippen LogP contribution < -0.4 is 0 Å². The van der Waals surface area contributed by atoms with E-state index in [0.717, 1.165) is 32.3 Å². The van der Waals surface area contributed by atoms with E-state index >= 15 is 0 Å². The summed E-state index contributed by atoms with van der Waals surface area (Å²) in [6.07, 6.45) is 5.59. The molecule has 2 aromatic rings. The monoisotopic (exact) mass is 310 g/mol. The van der Waals surface area contributed by atoms with Crippen molar-refractivity contribution < 1.29 is 0 Å². The first-order chi connectivity index (χ1) is 9.22. The van der Waals surface area contributed by atoms with Crippen LogP contribution in [0, 0.1) is 0 Å². The molecule has 0 unspecified atom stereocenters. The summed E-state index contributed by atoms with van der Waals surface area (Å²) < 4.78 is 1.03. The van der Waals surface area contributed by atoms with Crippen LogP contribution in [0.2, 0.25) is 0 Å². The third-order valence-corrected chi connectivity index (χ3v) is 3.80. The van der Waals surface area contributed by atoms with Crippen molar-refractivity contribution in [3.05, 3.63) is 77.3 Å². The van der Waals surface area contributed by atoms with Crippen molar-refractivity contribution in [2.45, 2.75) is 0 Å². The minimum atomic E-state index is 1.03. The fourth-order valence-electron chi connectivity index (χ4n) is 2.19. The Bertz CT molecular complexity index is 651. The summed E-state index contributed by atoms with van der Waals surface area (Å²) in [6.45, 7) is 11.7. The predicted molar refractivity (Wildman–Crippen MR) is 89.9 cm³/mol. The molecule has 0 amide bonds. The molecular formula is C18H15Br. The first kappa shape index (κ1) is 13.6. The second-order valence-electron chi connectivity index (χ2n) is 4.12. The van der Waals surface area contributed by atoms with E-state index in [1.54, 1.807) is 0 Å². The van der Waals surface area contributed by atoms with Crippen LogP contribution >= 0.6 is 15.9 Å². The first-order valence-corrected chi connectivity index (χ1v) is 6.81. The van der Waals surface area contributed by atoms with E-state index in [9.17, 15) is 0 Å². The minimum Gasteiger partial charge on any atom is -0.0984 e. The Morgan fingerprint density at radius 2 is 1.42 bits per heavy atom. The van der Waals surface area contributed by atoms with Gasteiger partial charge in [0.2, 0.25) is 0 Å². The summed E-state index contributed by atoms with van der Waals surface area (Å²) in [6, 6.07) is 12.3. The van der Waals surface area contributed by atoms with Gasteiger partial charge in [0.25, 0.3) is 0 Å². The van der Waals surface area contributed by atoms with Gasteiger partial charge in [-0.2, -0.15) is 0 Å². The number of hydrogen-bond donors (Lipinski definition) is 0. The number of benzene rings is 2. The van der Waals surface area contributed by atoms with E-state index in [1.807, 2.05) is 36.4 Å². The topological polar surface area (TPSA) is 0 Å². The Balaban J connectivity index is 2.79. The number of hydrogen-bond acceptors (Lipinski definition) is 0. The molecule has 0 saturated carbocycles. The Hall–Kier alpha value is -1.86. The van der Waals surface area contributed by atoms with Crippen LogP contribution in [-0.4, -0.2) is 0 Å². The Labute approximate surface area is 122 Å². The molecule has 0 bridgehead atoms. The summed E-state index contributed by atoms with van der Waals surface area (Å²) in [4.78, 5) is 0. The van der Waals surface area contributed by atoms with E-state index in [1.165, 1.54) is 0 Å². The zero-order valence-electron chi connectivity index (χ0n) is 10.7. The molecule has 0 aliphatic heterocycles. The number of rotatable bonds is 4. The lowest BCUT2D eigenvalue weighted by atomic mass is 9.92. The summed E-state index contributed by atoms with van der Waals surface area (Å²) >= 11 is 3.55. The van der Waals surface area contributed by atoms with Crippen molar-refractivity contribution in [2.24, 2.45) is 0 Å². The highest BCUT2D eigenvalue weighted by Gasteiger charge is 2.10. The van der Waals surface area contributed by atoms with Crippen LogP contribution in [0.3, 0.4) is 0 Å². The summed E-state index contributed by atoms with van der Waals surface area (Å²) in [7, 11) is 0. The molecule has 0 aliphatic carbocycles. The molecule has 2 rings (SSSR count). The lowest BCUT2D eigenvalue weighted by Gasteiger charge is -2.13. The van der Waals surface area contributed by atoms with Crippen molar-refractivity contribution in [3.8, 4) is 11.1 Å². The Kier molecular flexibility index (Phi) is 4.18. The Morgan fingerprint density at radius 3 is 2.05 bits per heavy atom. The zero-order chi connectivity index (χ0) is 13.8. The van der Waals surface area contributed by atoms with Crippen LogP contribution in [0.5, 0.6) is 0 Å². The molecule has 0 saturated heterocycles. The zero-order valence-corrected chi connectivity index (χ0v) is 12.3. The molecule has 1 heteroatoms. The van der Waals surface area contributed by atoms with Crippen LogP contribution in [-0.2, 0) is 0 Å². The summed E-state index contributed by atoms with van der Waals surface area (Å²) in [5, 5.41) is 0. The van der Waals surface area contributed by atoms with Gasteiger partial charge in [-0.25, -0.2) is 0 Å². The quantitative estimate of drug-likeness (QED) is 0.645. The van der Waals surface area contributed by atoms with Gasteiger partial charge in [-0.3, -0.25) is 0 Å². The highest BCUT2D eigenvalue weighted by atomic mass is 79.9. The summed E-state index contributed by atoms with van der Waals surface area (Å²) in [5.74, 6) is 0. The van der Waals surface area contributed by atoms with Gasteiger partial charge in [-0.15, -0.1) is 0 Å². The van der Waals surface area contributed by atoms with E-state index in [2.05, 4.69) is 53.9 Å². The molecule has 0 aliphatic rings. The maximum absolute atomic E-state index is 3.93. The average Bonchev–Trinajstić information content (AvgIpc) is 2.46. The smallest absolute Gasteiger partial charge is 0.0253 e. The maximum Gasteiger partial charge on any atom is 0.0253 e. The highest BCUT2D eigenvalue weighted by Crippen LogP contribution is 2.34. The first-order valence-electron chi connectivity index (χ1n) is 6.02. The molecule has 2 aromatic carbocycles. The average molecular weight is 311 g/mol. The van der Waals surface area contributed by atoms with Gasteiger partial charge < -0.3 is 0 Å². The Morgan fingerprint density at radius 1 is 0.737 bits per heavy atom. The molecule has 19 heavy (non-hydrogen) atoms. The molecule has 0 radical (unpaired) electrons. The van der Waals surface area contributed by atoms with Crippen molar-refractivity contribution in [1.29, 1.82) is 0 Å². The summed E-state index contributed by atoms with van der Waals surface area (Å²) in [5.41, 5.74) is 5.56. The van der Waals surface area contributed by atoms with Crippen molar-refractivity contribution in [3.63, 3.8) is 0 Å². The van der Waals surface area contributed by atoms with E-state index in [4.69, 9.17) is 0 Å². The van der Waals surface area contributed by atoms with Gasteiger partial charge in [0, 0.05) is 4.47 Å². The fraction of sp³-hybridized carbons (Fsp3) is 0. The van der Waals surface area contributed by atoms with Crippen molar-refractivity contribution in [2.75, 3.05) is 0 Å². The van der Waals surface area contributed by atoms with Crippen LogP contribution in [0.25, 0.3) is 29.4 Å². The third kappa shape index (κ3) is 2.47. The SMILES string of the molecule is C=Cc1ccccc1-c1ccc(Br)c(C=C)c1C=C. The molecule has 0 atom stereocenters. The van der Waals surface area contributed by atoms with Gasteiger partial charge in [0.15, 0.2) is 0 Å². The minimum absolute atomic E-state index is 1.03. The van der Waals surface area contributed by atoms with E-state index in [-0.39, 0.29) is 0 Å². The normalized spacial score (nSPS) is 9.95. The van der Waals surface area contributed by atoms with E-state index in [0.29, 0.717) is 0 Å². The van der Waals surface area contributed by atoms with Crippen molar-refractivity contribution >= 4 is 34.2 Å². The third-order valence-electron chi connectivity index (χ3n) is 3.11. The van der Waals surface area contributed by atoms with Gasteiger partial charge >= 0.3 is 0 Å². The van der Waals surface area contributed by atoms with Crippen LogP contribution in [0.15, 0.2) is 60.6 Å². The van der Waals surface area contributed by atoms with E-state index < -0.39 is 0 Å². The highest BCUT2D eigenvalue weighted by molar-refractivity contribution is 9.10. The second kappa shape index (κ2) is 5.85. The standard InChI is InChI=1S/C18H15Br/c1-4-13-9-7-8-10-16(13)17-11-12-18(19)15(6-3)14(17)5-2/h4-12H,1-3H2. The molecule has 94 valence electrons. The number of halogens is 1. The maximum atomic E-state index is 3.93. The van der Waals surface area contributed by atoms with Gasteiger partial charge in [0.05, 0.1) is 0 Å². The molecule has 0 spiro atoms. The van der Waals surface area contributed by atoms with Gasteiger partial charge in [0.1, 0.15) is 0 Å². The largest absolute Gasteiger partial charge is 0.0984 e. The predicted octanol–water partition coefficient (Wildman–Crippen LogP) is 6.05. The molecule has 0 N–H and O–H groups in total. The van der Waals surface area contributed by atoms with Gasteiger partial charge in [-0.1, -0.05) is 84.2 Å². The van der Waals surface area contributed by atoms with Crippen molar-refractivity contribution in [1.82, 2.24) is 0 Å². The molecule has 0 aromatic heterocycles. The van der Waals surface area contributed by atoms with Crippen LogP contribution in [0.1, 0.15) is 16.7 Å². The van der Waals surface area contributed by atoms with Gasteiger partial charge in [-0.05, 0) is 33.9 Å². The molecule has 0 heterocycles. The fourth-order valence-corrected chi connectivity index (χ4v) is 2.70. The molecular weight excluding hydrogens is 296 g/mol. The second-order valence-corrected chi connectivity index (χ2v) is 4.98. The van der Waals surface area contributed by atoms with Crippen LogP contribution in [0.4, 0.5) is 0 Å². The molecule has 0 nitrogen and oxygen atoms in total.